The number of aryl methyl sites for hydroxylation is 1. The van der Waals surface area contributed by atoms with Crippen LogP contribution in [0.2, 0.25) is 0 Å². The number of hydrogen-bond acceptors (Lipinski definition) is 5. The molecule has 1 spiro atoms. The summed E-state index contributed by atoms with van der Waals surface area (Å²) in [5, 5.41) is 6.05. The predicted octanol–water partition coefficient (Wildman–Crippen LogP) is 3.04. The van der Waals surface area contributed by atoms with Crippen LogP contribution in [0.4, 0.5) is 9.93 Å². The third kappa shape index (κ3) is 2.97. The molecule has 0 radical (unpaired) electrons. The Bertz CT molecular complexity index is 940. The average Bonchev–Trinajstić information content (AvgIpc) is 3.13. The summed E-state index contributed by atoms with van der Waals surface area (Å²) in [5.41, 5.74) is 1.04. The number of benzene rings is 1. The van der Waals surface area contributed by atoms with Crippen molar-refractivity contribution >= 4 is 44.5 Å². The van der Waals surface area contributed by atoms with E-state index in [1.165, 1.54) is 11.3 Å². The third-order valence-electron chi connectivity index (χ3n) is 5.67. The summed E-state index contributed by atoms with van der Waals surface area (Å²) in [5.74, 6) is -0.631. The van der Waals surface area contributed by atoms with Gasteiger partial charge in [0.25, 0.3) is 5.91 Å². The number of aromatic nitrogens is 1. The number of urea groups is 1. The molecule has 2 N–H and O–H groups in total. The molecular formula is C19H22N4O3S. The van der Waals surface area contributed by atoms with Gasteiger partial charge in [-0.1, -0.05) is 43.2 Å². The summed E-state index contributed by atoms with van der Waals surface area (Å²) in [6.45, 7) is 3.66. The molecule has 1 saturated carbocycles. The Balaban J connectivity index is 1.48. The predicted molar refractivity (Wildman–Crippen MR) is 104 cm³/mol. The Hall–Kier alpha value is -2.48. The molecule has 1 aliphatic heterocycles. The number of rotatable bonds is 3. The van der Waals surface area contributed by atoms with Crippen LogP contribution in [0.15, 0.2) is 18.2 Å². The van der Waals surface area contributed by atoms with Gasteiger partial charge in [-0.3, -0.25) is 14.5 Å². The van der Waals surface area contributed by atoms with Crippen LogP contribution in [0, 0.1) is 12.8 Å². The van der Waals surface area contributed by atoms with Crippen molar-refractivity contribution in [3.63, 3.8) is 0 Å². The highest BCUT2D eigenvalue weighted by Gasteiger charge is 2.55. The second-order valence-corrected chi connectivity index (χ2v) is 8.46. The highest BCUT2D eigenvalue weighted by molar-refractivity contribution is 7.22. The lowest BCUT2D eigenvalue weighted by Crippen LogP contribution is -2.54. The molecule has 2 atom stereocenters. The summed E-state index contributed by atoms with van der Waals surface area (Å²) < 4.78 is 0.982. The van der Waals surface area contributed by atoms with Gasteiger partial charge < -0.3 is 10.6 Å². The summed E-state index contributed by atoms with van der Waals surface area (Å²) in [6, 6.07) is 5.37. The van der Waals surface area contributed by atoms with E-state index < -0.39 is 17.5 Å². The van der Waals surface area contributed by atoms with E-state index in [1.54, 1.807) is 0 Å². The zero-order chi connectivity index (χ0) is 19.2. The largest absolute Gasteiger partial charge is 0.325 e. The summed E-state index contributed by atoms with van der Waals surface area (Å²) in [4.78, 5) is 43.2. The van der Waals surface area contributed by atoms with Gasteiger partial charge >= 0.3 is 6.03 Å². The molecule has 2 fully saturated rings. The molecule has 0 bridgehead atoms. The summed E-state index contributed by atoms with van der Waals surface area (Å²) >= 11 is 1.37. The van der Waals surface area contributed by atoms with E-state index >= 15 is 0 Å². The fraction of sp³-hybridized carbons (Fsp3) is 0.474. The van der Waals surface area contributed by atoms with Crippen molar-refractivity contribution in [1.82, 2.24) is 15.2 Å². The van der Waals surface area contributed by atoms with Crippen LogP contribution in [0.25, 0.3) is 10.2 Å². The van der Waals surface area contributed by atoms with Gasteiger partial charge in [-0.15, -0.1) is 0 Å². The van der Waals surface area contributed by atoms with Crippen LogP contribution in [0.1, 0.15) is 38.2 Å². The van der Waals surface area contributed by atoms with E-state index in [9.17, 15) is 14.4 Å². The number of fused-ring (bicyclic) bond motifs is 1. The number of thiazole rings is 1. The Labute approximate surface area is 161 Å². The standard InChI is InChI=1S/C19H22N4O3S/c1-11-6-5-8-13-15(11)21-17(27-13)20-14(24)10-23-16(25)19(22-18(23)26)9-4-3-7-12(19)2/h5-6,8,12H,3-4,7,9-10H2,1-2H3,(H,22,26)(H,20,21,24). The van der Waals surface area contributed by atoms with E-state index in [-0.39, 0.29) is 18.4 Å². The maximum atomic E-state index is 12.9. The van der Waals surface area contributed by atoms with E-state index in [2.05, 4.69) is 15.6 Å². The Morgan fingerprint density at radius 2 is 2.22 bits per heavy atom. The van der Waals surface area contributed by atoms with E-state index in [0.29, 0.717) is 11.6 Å². The zero-order valence-electron chi connectivity index (χ0n) is 15.4. The van der Waals surface area contributed by atoms with Crippen molar-refractivity contribution in [3.05, 3.63) is 23.8 Å². The topological polar surface area (TPSA) is 91.4 Å². The molecule has 1 aromatic heterocycles. The summed E-state index contributed by atoms with van der Waals surface area (Å²) in [7, 11) is 0. The minimum Gasteiger partial charge on any atom is -0.323 e. The molecule has 2 aromatic rings. The molecule has 8 heteroatoms. The highest BCUT2D eigenvalue weighted by Crippen LogP contribution is 2.38. The monoisotopic (exact) mass is 386 g/mol. The first-order valence-electron chi connectivity index (χ1n) is 9.21. The van der Waals surface area contributed by atoms with Crippen molar-refractivity contribution < 1.29 is 14.4 Å². The zero-order valence-corrected chi connectivity index (χ0v) is 16.2. The molecule has 2 aliphatic rings. The third-order valence-corrected chi connectivity index (χ3v) is 6.61. The van der Waals surface area contributed by atoms with Crippen LogP contribution in [0.3, 0.4) is 0 Å². The Kier molecular flexibility index (Phi) is 4.38. The maximum Gasteiger partial charge on any atom is 0.325 e. The van der Waals surface area contributed by atoms with Gasteiger partial charge in [0.2, 0.25) is 5.91 Å². The van der Waals surface area contributed by atoms with Crippen LogP contribution in [-0.4, -0.2) is 39.8 Å². The van der Waals surface area contributed by atoms with E-state index in [4.69, 9.17) is 0 Å². The molecule has 1 aromatic carbocycles. The molecule has 7 nitrogen and oxygen atoms in total. The number of nitrogens with one attached hydrogen (secondary N) is 2. The fourth-order valence-corrected chi connectivity index (χ4v) is 5.04. The molecular weight excluding hydrogens is 364 g/mol. The number of imide groups is 1. The number of carbonyl (C=O) groups excluding carboxylic acids is 3. The van der Waals surface area contributed by atoms with Gasteiger partial charge in [0.05, 0.1) is 10.2 Å². The minimum absolute atomic E-state index is 0.0722. The smallest absolute Gasteiger partial charge is 0.323 e. The maximum absolute atomic E-state index is 12.9. The van der Waals surface area contributed by atoms with Gasteiger partial charge in [0.1, 0.15) is 12.1 Å². The molecule has 142 valence electrons. The molecule has 1 aliphatic carbocycles. The average molecular weight is 386 g/mol. The Morgan fingerprint density at radius 3 is 2.96 bits per heavy atom. The molecule has 4 rings (SSSR count). The van der Waals surface area contributed by atoms with Gasteiger partial charge in [-0.2, -0.15) is 0 Å². The first-order chi connectivity index (χ1) is 12.9. The molecule has 2 unspecified atom stereocenters. The normalized spacial score (nSPS) is 25.3. The van der Waals surface area contributed by atoms with Crippen LogP contribution < -0.4 is 10.6 Å². The second kappa shape index (κ2) is 6.60. The first kappa shape index (κ1) is 17.9. The number of anilines is 1. The number of para-hydroxylation sites is 1. The minimum atomic E-state index is -0.845. The fourth-order valence-electron chi connectivity index (χ4n) is 4.08. The molecule has 4 amide bonds. The van der Waals surface area contributed by atoms with Crippen molar-refractivity contribution in [3.8, 4) is 0 Å². The number of hydrogen-bond donors (Lipinski definition) is 2. The SMILES string of the molecule is Cc1cccc2sc(NC(=O)CN3C(=O)NC4(CCCCC4C)C3=O)nc12. The van der Waals surface area contributed by atoms with Crippen molar-refractivity contribution in [2.45, 2.75) is 45.1 Å². The van der Waals surface area contributed by atoms with E-state index in [1.807, 2.05) is 32.0 Å². The lowest BCUT2D eigenvalue weighted by Gasteiger charge is -2.36. The number of carbonyl (C=O) groups is 3. The summed E-state index contributed by atoms with van der Waals surface area (Å²) in [6.07, 6.45) is 3.50. The lowest BCUT2D eigenvalue weighted by molar-refractivity contribution is -0.136. The molecule has 2 heterocycles. The quantitative estimate of drug-likeness (QED) is 0.793. The Morgan fingerprint density at radius 1 is 1.41 bits per heavy atom. The van der Waals surface area contributed by atoms with Crippen LogP contribution in [0.5, 0.6) is 0 Å². The first-order valence-corrected chi connectivity index (χ1v) is 10.0. The lowest BCUT2D eigenvalue weighted by atomic mass is 9.73. The highest BCUT2D eigenvalue weighted by atomic mass is 32.1. The number of amides is 4. The van der Waals surface area contributed by atoms with Crippen molar-refractivity contribution in [2.24, 2.45) is 5.92 Å². The van der Waals surface area contributed by atoms with Crippen LogP contribution in [-0.2, 0) is 9.59 Å². The van der Waals surface area contributed by atoms with E-state index in [0.717, 1.165) is 39.9 Å². The van der Waals surface area contributed by atoms with Gasteiger partial charge in [0.15, 0.2) is 5.13 Å². The van der Waals surface area contributed by atoms with Crippen molar-refractivity contribution in [2.75, 3.05) is 11.9 Å². The van der Waals surface area contributed by atoms with Gasteiger partial charge in [-0.05, 0) is 37.3 Å². The molecule has 27 heavy (non-hydrogen) atoms. The number of nitrogens with zero attached hydrogens (tertiary/aromatic N) is 2. The van der Waals surface area contributed by atoms with Gasteiger partial charge in [-0.25, -0.2) is 9.78 Å². The van der Waals surface area contributed by atoms with Crippen molar-refractivity contribution in [1.29, 1.82) is 0 Å². The van der Waals surface area contributed by atoms with Gasteiger partial charge in [0, 0.05) is 0 Å². The molecule has 1 saturated heterocycles. The second-order valence-electron chi connectivity index (χ2n) is 7.43. The van der Waals surface area contributed by atoms with Crippen LogP contribution >= 0.6 is 11.3 Å².